The molecule has 0 unspecified atom stereocenters. The highest BCUT2D eigenvalue weighted by atomic mass is 13.9. The normalized spacial score (nSPS) is 7.71. The van der Waals surface area contributed by atoms with Crippen LogP contribution in [-0.2, 0) is 0 Å². The van der Waals surface area contributed by atoms with Crippen LogP contribution in [0.15, 0.2) is 43.0 Å². The van der Waals surface area contributed by atoms with Gasteiger partial charge in [-0.2, -0.15) is 0 Å². The monoisotopic (exact) mass is 234 g/mol. The van der Waals surface area contributed by atoms with E-state index in [9.17, 15) is 0 Å². The maximum atomic E-state index is 3.69. The molecule has 98 valence electrons. The maximum absolute atomic E-state index is 3.69. The summed E-state index contributed by atoms with van der Waals surface area (Å²) in [5.74, 6) is 0. The number of allylic oxidation sites excluding steroid dienone is 2. The molecular formula is C17H30. The Morgan fingerprint density at radius 1 is 0.882 bits per heavy atom. The van der Waals surface area contributed by atoms with Gasteiger partial charge in [0.05, 0.1) is 0 Å². The summed E-state index contributed by atoms with van der Waals surface area (Å²) in [4.78, 5) is 0. The van der Waals surface area contributed by atoms with E-state index >= 15 is 0 Å². The van der Waals surface area contributed by atoms with Crippen LogP contribution in [0, 0.1) is 6.92 Å². The highest BCUT2D eigenvalue weighted by molar-refractivity contribution is 5.50. The molecule has 0 aliphatic rings. The Bertz CT molecular complexity index is 265. The summed E-state index contributed by atoms with van der Waals surface area (Å²) in [5, 5.41) is 0. The first-order chi connectivity index (χ1) is 8.26. The molecule has 0 spiro atoms. The number of rotatable bonds is 1. The van der Waals surface area contributed by atoms with Gasteiger partial charge in [0.1, 0.15) is 0 Å². The van der Waals surface area contributed by atoms with Gasteiger partial charge in [0.25, 0.3) is 0 Å². The van der Waals surface area contributed by atoms with Gasteiger partial charge in [0, 0.05) is 0 Å². The standard InChI is InChI=1S/C9H10.C4H8.2C2H6/c1-3-9-7-5-4-6-8(9)2;1-3-4-2;2*1-2/h3-7H,1H2,2H3;3-4H,1-2H3;2*1-2H3. The molecule has 0 aromatic heterocycles. The van der Waals surface area contributed by atoms with Crippen molar-refractivity contribution < 1.29 is 0 Å². The van der Waals surface area contributed by atoms with Gasteiger partial charge < -0.3 is 0 Å². The van der Waals surface area contributed by atoms with Crippen LogP contribution in [0.3, 0.4) is 0 Å². The lowest BCUT2D eigenvalue weighted by Crippen LogP contribution is -1.75. The minimum atomic E-state index is 1.22. The van der Waals surface area contributed by atoms with E-state index in [1.165, 1.54) is 11.1 Å². The maximum Gasteiger partial charge on any atom is -0.0233 e. The lowest BCUT2D eigenvalue weighted by Gasteiger charge is -1.95. The zero-order chi connectivity index (χ0) is 14.1. The van der Waals surface area contributed by atoms with E-state index in [2.05, 4.69) is 25.6 Å². The molecule has 0 saturated carbocycles. The van der Waals surface area contributed by atoms with Gasteiger partial charge in [-0.3, -0.25) is 0 Å². The molecule has 0 bridgehead atoms. The molecule has 0 heterocycles. The van der Waals surface area contributed by atoms with Crippen LogP contribution in [-0.4, -0.2) is 0 Å². The Hall–Kier alpha value is -1.30. The zero-order valence-electron chi connectivity index (χ0n) is 12.7. The predicted molar refractivity (Wildman–Crippen MR) is 84.5 cm³/mol. The Morgan fingerprint density at radius 2 is 1.29 bits per heavy atom. The molecule has 0 atom stereocenters. The second kappa shape index (κ2) is 20.2. The fraction of sp³-hybridized carbons (Fsp3) is 0.412. The van der Waals surface area contributed by atoms with Gasteiger partial charge in [-0.1, -0.05) is 76.8 Å². The summed E-state index contributed by atoms with van der Waals surface area (Å²) in [6.45, 7) is 17.8. The van der Waals surface area contributed by atoms with Crippen LogP contribution in [0.1, 0.15) is 52.7 Å². The van der Waals surface area contributed by atoms with Crippen molar-refractivity contribution in [3.8, 4) is 0 Å². The van der Waals surface area contributed by atoms with E-state index in [1.807, 2.05) is 71.9 Å². The molecule has 1 aromatic rings. The smallest absolute Gasteiger partial charge is 0.0233 e. The summed E-state index contributed by atoms with van der Waals surface area (Å²) in [5.41, 5.74) is 2.50. The van der Waals surface area contributed by atoms with Crippen molar-refractivity contribution in [2.75, 3.05) is 0 Å². The van der Waals surface area contributed by atoms with Crippen LogP contribution in [0.2, 0.25) is 0 Å². The Morgan fingerprint density at radius 3 is 1.53 bits per heavy atom. The molecule has 0 amide bonds. The molecule has 0 nitrogen and oxygen atoms in total. The zero-order valence-corrected chi connectivity index (χ0v) is 12.7. The van der Waals surface area contributed by atoms with Crippen molar-refractivity contribution in [3.63, 3.8) is 0 Å². The van der Waals surface area contributed by atoms with Crippen LogP contribution < -0.4 is 0 Å². The van der Waals surface area contributed by atoms with Crippen LogP contribution in [0.5, 0.6) is 0 Å². The molecule has 0 N–H and O–H groups in total. The molecule has 0 heteroatoms. The second-order valence-electron chi connectivity index (χ2n) is 2.73. The van der Waals surface area contributed by atoms with Gasteiger partial charge >= 0.3 is 0 Å². The molecule has 0 radical (unpaired) electrons. The molecule has 0 aliphatic heterocycles. The Labute approximate surface area is 109 Å². The Balaban J connectivity index is -0.000000208. The largest absolute Gasteiger partial charge is 0.0985 e. The Kier molecular flexibility index (Phi) is 24.9. The third-order valence-electron chi connectivity index (χ3n) is 1.74. The van der Waals surface area contributed by atoms with Crippen LogP contribution >= 0.6 is 0 Å². The minimum absolute atomic E-state index is 1.22. The van der Waals surface area contributed by atoms with Crippen molar-refractivity contribution in [2.45, 2.75) is 48.5 Å². The van der Waals surface area contributed by atoms with Crippen molar-refractivity contribution >= 4 is 6.08 Å². The van der Waals surface area contributed by atoms with Gasteiger partial charge in [0.15, 0.2) is 0 Å². The van der Waals surface area contributed by atoms with Gasteiger partial charge in [0.2, 0.25) is 0 Å². The third-order valence-corrected chi connectivity index (χ3v) is 1.74. The first-order valence-electron chi connectivity index (χ1n) is 6.51. The second-order valence-corrected chi connectivity index (χ2v) is 2.73. The molecule has 0 fully saturated rings. The number of hydrogen-bond donors (Lipinski definition) is 0. The molecular weight excluding hydrogens is 204 g/mol. The molecule has 1 rings (SSSR count). The quantitative estimate of drug-likeness (QED) is 0.502. The van der Waals surface area contributed by atoms with E-state index in [0.29, 0.717) is 0 Å². The SMILES string of the molecule is C=Cc1ccccc1C.CC.CC.CC=CC. The van der Waals surface area contributed by atoms with E-state index in [4.69, 9.17) is 0 Å². The van der Waals surface area contributed by atoms with E-state index in [1.54, 1.807) is 0 Å². The van der Waals surface area contributed by atoms with Crippen molar-refractivity contribution in [1.29, 1.82) is 0 Å². The van der Waals surface area contributed by atoms with Gasteiger partial charge in [-0.25, -0.2) is 0 Å². The fourth-order valence-corrected chi connectivity index (χ4v) is 0.816. The first-order valence-corrected chi connectivity index (χ1v) is 6.51. The lowest BCUT2D eigenvalue weighted by molar-refractivity contribution is 1.45. The fourth-order valence-electron chi connectivity index (χ4n) is 0.816. The molecule has 1 aromatic carbocycles. The average molecular weight is 234 g/mol. The minimum Gasteiger partial charge on any atom is -0.0985 e. The molecule has 0 aliphatic carbocycles. The predicted octanol–water partition coefficient (Wildman–Crippen LogP) is 6.27. The first kappa shape index (κ1) is 21.0. The van der Waals surface area contributed by atoms with Gasteiger partial charge in [-0.15, -0.1) is 0 Å². The van der Waals surface area contributed by atoms with Crippen LogP contribution in [0.25, 0.3) is 6.08 Å². The third kappa shape index (κ3) is 14.7. The van der Waals surface area contributed by atoms with E-state index in [0.717, 1.165) is 0 Å². The highest BCUT2D eigenvalue weighted by Crippen LogP contribution is 2.06. The number of hydrogen-bond acceptors (Lipinski definition) is 0. The lowest BCUT2D eigenvalue weighted by atomic mass is 10.1. The summed E-state index contributed by atoms with van der Waals surface area (Å²) >= 11 is 0. The summed E-state index contributed by atoms with van der Waals surface area (Å²) in [6.07, 6.45) is 5.87. The van der Waals surface area contributed by atoms with E-state index < -0.39 is 0 Å². The van der Waals surface area contributed by atoms with E-state index in [-0.39, 0.29) is 0 Å². The number of benzene rings is 1. The van der Waals surface area contributed by atoms with Crippen molar-refractivity contribution in [2.24, 2.45) is 0 Å². The summed E-state index contributed by atoms with van der Waals surface area (Å²) < 4.78 is 0. The topological polar surface area (TPSA) is 0 Å². The van der Waals surface area contributed by atoms with Crippen molar-refractivity contribution in [1.82, 2.24) is 0 Å². The van der Waals surface area contributed by atoms with Crippen LogP contribution in [0.4, 0.5) is 0 Å². The average Bonchev–Trinajstić information content (AvgIpc) is 2.44. The highest BCUT2D eigenvalue weighted by Gasteiger charge is 1.86. The van der Waals surface area contributed by atoms with Crippen molar-refractivity contribution in [3.05, 3.63) is 54.1 Å². The molecule has 0 saturated heterocycles. The van der Waals surface area contributed by atoms with Gasteiger partial charge in [-0.05, 0) is 31.9 Å². The number of aryl methyl sites for hydroxylation is 1. The summed E-state index contributed by atoms with van der Waals surface area (Å²) in [7, 11) is 0. The molecule has 17 heavy (non-hydrogen) atoms. The summed E-state index contributed by atoms with van der Waals surface area (Å²) in [6, 6.07) is 8.19.